The second-order valence-electron chi connectivity index (χ2n) is 4.64. The van der Waals surface area contributed by atoms with Crippen molar-refractivity contribution in [1.82, 2.24) is 0 Å². The summed E-state index contributed by atoms with van der Waals surface area (Å²) in [4.78, 5) is 12.0. The summed E-state index contributed by atoms with van der Waals surface area (Å²) < 4.78 is 4.97. The third-order valence-corrected chi connectivity index (χ3v) is 2.84. The van der Waals surface area contributed by atoms with Gasteiger partial charge in [-0.15, -0.1) is 0 Å². The van der Waals surface area contributed by atoms with E-state index in [1.807, 2.05) is 6.07 Å². The van der Waals surface area contributed by atoms with Crippen LogP contribution in [-0.2, 0) is 9.53 Å². The summed E-state index contributed by atoms with van der Waals surface area (Å²) in [5.74, 6) is -0.369. The second-order valence-corrected chi connectivity index (χ2v) is 4.64. The number of benzene rings is 1. The predicted molar refractivity (Wildman–Crippen MR) is 79.6 cm³/mol. The van der Waals surface area contributed by atoms with Gasteiger partial charge >= 0.3 is 0 Å². The molecule has 0 aliphatic rings. The lowest BCUT2D eigenvalue weighted by Gasteiger charge is -2.15. The molecule has 0 saturated carbocycles. The van der Waals surface area contributed by atoms with Crippen molar-refractivity contribution < 1.29 is 9.53 Å². The highest BCUT2D eigenvalue weighted by Crippen LogP contribution is 2.23. The zero-order valence-corrected chi connectivity index (χ0v) is 12.2. The first-order valence-electron chi connectivity index (χ1n) is 6.70. The van der Waals surface area contributed by atoms with Gasteiger partial charge in [0.15, 0.2) is 0 Å². The average molecular weight is 275 g/mol. The first-order chi connectivity index (χ1) is 9.62. The molecule has 2 N–H and O–H groups in total. The van der Waals surface area contributed by atoms with E-state index in [9.17, 15) is 4.79 Å². The molecule has 1 aromatic rings. The van der Waals surface area contributed by atoms with Crippen LogP contribution in [0, 0.1) is 17.2 Å². The molecule has 20 heavy (non-hydrogen) atoms. The zero-order chi connectivity index (χ0) is 15.0. The van der Waals surface area contributed by atoms with Gasteiger partial charge in [0.05, 0.1) is 35.5 Å². The summed E-state index contributed by atoms with van der Waals surface area (Å²) in [5, 5.41) is 15.0. The molecular formula is C15H21N3O2. The fraction of sp³-hybridized carbons (Fsp3) is 0.467. The number of amides is 1. The van der Waals surface area contributed by atoms with Gasteiger partial charge in [0, 0.05) is 13.7 Å². The van der Waals surface area contributed by atoms with Crippen molar-refractivity contribution in [2.24, 2.45) is 5.92 Å². The number of hydrogen-bond acceptors (Lipinski definition) is 4. The first kappa shape index (κ1) is 16.0. The van der Waals surface area contributed by atoms with Crippen LogP contribution >= 0.6 is 0 Å². The van der Waals surface area contributed by atoms with Crippen LogP contribution in [0.1, 0.15) is 25.8 Å². The molecule has 0 spiro atoms. The lowest BCUT2D eigenvalue weighted by molar-refractivity contribution is -0.120. The van der Waals surface area contributed by atoms with Gasteiger partial charge in [-0.25, -0.2) is 0 Å². The van der Waals surface area contributed by atoms with Crippen molar-refractivity contribution in [3.63, 3.8) is 0 Å². The Bertz CT molecular complexity index is 494. The molecule has 0 bridgehead atoms. The van der Waals surface area contributed by atoms with Gasteiger partial charge in [-0.2, -0.15) is 5.26 Å². The molecular weight excluding hydrogens is 254 g/mol. The number of nitriles is 1. The van der Waals surface area contributed by atoms with Gasteiger partial charge in [-0.3, -0.25) is 4.79 Å². The fourth-order valence-electron chi connectivity index (χ4n) is 1.71. The minimum atomic E-state index is -0.246. The van der Waals surface area contributed by atoms with Crippen molar-refractivity contribution in [2.45, 2.75) is 20.3 Å². The van der Waals surface area contributed by atoms with Gasteiger partial charge in [0.1, 0.15) is 0 Å². The molecule has 5 nitrogen and oxygen atoms in total. The molecule has 0 heterocycles. The normalized spacial score (nSPS) is 11.5. The molecule has 0 aliphatic carbocycles. The van der Waals surface area contributed by atoms with E-state index < -0.39 is 0 Å². The maximum Gasteiger partial charge on any atom is 0.229 e. The van der Waals surface area contributed by atoms with Crippen molar-refractivity contribution in [3.05, 3.63) is 23.8 Å². The van der Waals surface area contributed by atoms with Gasteiger partial charge in [0.25, 0.3) is 0 Å². The van der Waals surface area contributed by atoms with Crippen LogP contribution in [0.2, 0.25) is 0 Å². The van der Waals surface area contributed by atoms with E-state index in [0.29, 0.717) is 17.9 Å². The minimum absolute atomic E-state index is 0.124. The highest BCUT2D eigenvalue weighted by molar-refractivity contribution is 5.95. The van der Waals surface area contributed by atoms with Gasteiger partial charge in [-0.1, -0.05) is 13.8 Å². The Balaban J connectivity index is 2.89. The van der Waals surface area contributed by atoms with Crippen LogP contribution in [-0.4, -0.2) is 26.2 Å². The van der Waals surface area contributed by atoms with Crippen molar-refractivity contribution in [2.75, 3.05) is 30.9 Å². The van der Waals surface area contributed by atoms with Crippen LogP contribution in [0.4, 0.5) is 11.4 Å². The summed E-state index contributed by atoms with van der Waals surface area (Å²) >= 11 is 0. The van der Waals surface area contributed by atoms with E-state index in [2.05, 4.69) is 23.6 Å². The Morgan fingerprint density at radius 1 is 1.45 bits per heavy atom. The van der Waals surface area contributed by atoms with Gasteiger partial charge < -0.3 is 15.4 Å². The van der Waals surface area contributed by atoms with Gasteiger partial charge in [-0.05, 0) is 24.6 Å². The summed E-state index contributed by atoms with van der Waals surface area (Å²) in [5.41, 5.74) is 1.97. The Hall–Kier alpha value is -2.06. The van der Waals surface area contributed by atoms with Crippen LogP contribution in [0.3, 0.4) is 0 Å². The fourth-order valence-corrected chi connectivity index (χ4v) is 1.71. The molecule has 108 valence electrons. The number of carbonyl (C=O) groups excluding carboxylic acids is 1. The minimum Gasteiger partial charge on any atom is -0.384 e. The molecule has 0 fully saturated rings. The average Bonchev–Trinajstić information content (AvgIpc) is 2.46. The second kappa shape index (κ2) is 8.18. The molecule has 0 unspecified atom stereocenters. The highest BCUT2D eigenvalue weighted by atomic mass is 16.5. The summed E-state index contributed by atoms with van der Waals surface area (Å²) in [6.45, 7) is 5.03. The molecule has 1 aromatic carbocycles. The van der Waals surface area contributed by atoms with E-state index in [1.165, 1.54) is 0 Å². The van der Waals surface area contributed by atoms with Crippen molar-refractivity contribution in [1.29, 1.82) is 5.26 Å². The van der Waals surface area contributed by atoms with E-state index in [-0.39, 0.29) is 11.8 Å². The number of anilines is 2. The number of nitrogens with one attached hydrogen (secondary N) is 2. The number of nitrogens with zero attached hydrogens (tertiary/aromatic N) is 1. The maximum absolute atomic E-state index is 12.0. The van der Waals surface area contributed by atoms with Crippen LogP contribution in [0.5, 0.6) is 0 Å². The monoisotopic (exact) mass is 275 g/mol. The third-order valence-electron chi connectivity index (χ3n) is 2.84. The van der Waals surface area contributed by atoms with Crippen LogP contribution in [0.25, 0.3) is 0 Å². The topological polar surface area (TPSA) is 74.2 Å². The maximum atomic E-state index is 12.0. The quantitative estimate of drug-likeness (QED) is 0.802. The Labute approximate surface area is 119 Å². The van der Waals surface area contributed by atoms with E-state index in [0.717, 1.165) is 18.7 Å². The summed E-state index contributed by atoms with van der Waals surface area (Å²) in [6, 6.07) is 7.29. The lowest BCUT2D eigenvalue weighted by atomic mass is 10.1. The van der Waals surface area contributed by atoms with Crippen molar-refractivity contribution in [3.8, 4) is 6.07 Å². The smallest absolute Gasteiger partial charge is 0.229 e. The number of methoxy groups -OCH3 is 1. The molecule has 0 aromatic heterocycles. The molecule has 0 radical (unpaired) electrons. The lowest BCUT2D eigenvalue weighted by Crippen LogP contribution is -2.24. The molecule has 0 saturated heterocycles. The predicted octanol–water partition coefficient (Wildman–Crippen LogP) is 2.60. The third kappa shape index (κ3) is 4.56. The summed E-state index contributed by atoms with van der Waals surface area (Å²) in [6.07, 6.45) is 0.980. The Morgan fingerprint density at radius 3 is 2.80 bits per heavy atom. The molecule has 1 atom stereocenters. The zero-order valence-electron chi connectivity index (χ0n) is 12.2. The first-order valence-corrected chi connectivity index (χ1v) is 6.70. The molecule has 1 amide bonds. The van der Waals surface area contributed by atoms with Gasteiger partial charge in [0.2, 0.25) is 5.91 Å². The van der Waals surface area contributed by atoms with Crippen molar-refractivity contribution >= 4 is 17.3 Å². The molecule has 0 aliphatic heterocycles. The van der Waals surface area contributed by atoms with Crippen LogP contribution in [0.15, 0.2) is 18.2 Å². The largest absolute Gasteiger partial charge is 0.384 e. The van der Waals surface area contributed by atoms with Crippen LogP contribution < -0.4 is 10.6 Å². The van der Waals surface area contributed by atoms with E-state index >= 15 is 0 Å². The molecule has 1 rings (SSSR count). The Kier molecular flexibility index (Phi) is 6.54. The standard InChI is InChI=1S/C15H21N3O2/c1-4-7-17-13-6-5-12(9-16)8-14(13)18-15(19)11(2)10-20-3/h5-6,8,11,17H,4,7,10H2,1-3H3,(H,18,19)/t11-/m0/s1. The van der Waals surface area contributed by atoms with E-state index in [4.69, 9.17) is 10.00 Å². The summed E-state index contributed by atoms with van der Waals surface area (Å²) in [7, 11) is 1.56. The highest BCUT2D eigenvalue weighted by Gasteiger charge is 2.14. The number of carbonyl (C=O) groups is 1. The number of hydrogen-bond donors (Lipinski definition) is 2. The number of rotatable bonds is 7. The van der Waals surface area contributed by atoms with E-state index in [1.54, 1.807) is 26.2 Å². The molecule has 5 heteroatoms. The SMILES string of the molecule is CCCNc1ccc(C#N)cc1NC(=O)[C@@H](C)COC. The number of ether oxygens (including phenoxy) is 1. The Morgan fingerprint density at radius 2 is 2.20 bits per heavy atom.